The summed E-state index contributed by atoms with van der Waals surface area (Å²) < 4.78 is 15.3. The summed E-state index contributed by atoms with van der Waals surface area (Å²) in [6.45, 7) is 4.80. The number of rotatable bonds is 5. The van der Waals surface area contributed by atoms with Crippen molar-refractivity contribution in [2.75, 3.05) is 0 Å². The standard InChI is InChI=1S/C26H25N3O3.BrH/c1-26(2)31-17-20-14-19(12-13-24(20)32-26)23(30)16-29-22-11-7-6-10-21(22)28(25(29)27)15-18-8-4-3-5-9-18;/h3-14,27H,15-17H2,1-2H3;1H. The normalized spacial score (nSPS) is 14.2. The fourth-order valence-electron chi connectivity index (χ4n) is 4.13. The molecule has 0 radical (unpaired) electrons. The lowest BCUT2D eigenvalue weighted by molar-refractivity contribution is -0.180. The molecular formula is C26H26BrN3O3. The number of halogens is 1. The fourth-order valence-corrected chi connectivity index (χ4v) is 4.13. The van der Waals surface area contributed by atoms with E-state index in [9.17, 15) is 4.79 Å². The largest absolute Gasteiger partial charge is 0.463 e. The predicted octanol–water partition coefficient (Wildman–Crippen LogP) is 5.08. The van der Waals surface area contributed by atoms with Crippen LogP contribution in [0.3, 0.4) is 0 Å². The van der Waals surface area contributed by atoms with Gasteiger partial charge in [0.2, 0.25) is 11.4 Å². The van der Waals surface area contributed by atoms with Gasteiger partial charge in [0, 0.05) is 25.0 Å². The number of ketones is 1. The zero-order valence-electron chi connectivity index (χ0n) is 18.6. The molecule has 0 bridgehead atoms. The number of hydrogen-bond acceptors (Lipinski definition) is 4. The summed E-state index contributed by atoms with van der Waals surface area (Å²) in [5.41, 5.74) is 4.66. The second-order valence-corrected chi connectivity index (χ2v) is 8.51. The van der Waals surface area contributed by atoms with Gasteiger partial charge < -0.3 is 18.6 Å². The Kier molecular flexibility index (Phi) is 6.28. The molecule has 1 aliphatic rings. The van der Waals surface area contributed by atoms with Crippen LogP contribution in [0.4, 0.5) is 0 Å². The van der Waals surface area contributed by atoms with Gasteiger partial charge in [-0.15, -0.1) is 17.0 Å². The molecule has 1 N–H and O–H groups in total. The highest BCUT2D eigenvalue weighted by atomic mass is 79.9. The van der Waals surface area contributed by atoms with Crippen LogP contribution in [-0.2, 0) is 24.4 Å². The summed E-state index contributed by atoms with van der Waals surface area (Å²) in [5.74, 6) is 0.0135. The molecule has 0 aliphatic carbocycles. The van der Waals surface area contributed by atoms with Crippen LogP contribution in [-0.4, -0.2) is 20.7 Å². The van der Waals surface area contributed by atoms with E-state index in [0.29, 0.717) is 24.3 Å². The summed E-state index contributed by atoms with van der Waals surface area (Å²) in [7, 11) is 0. The maximum Gasteiger partial charge on any atom is 0.205 e. The van der Waals surface area contributed by atoms with Crippen LogP contribution in [0.2, 0.25) is 0 Å². The summed E-state index contributed by atoms with van der Waals surface area (Å²) in [5, 5.41) is 8.81. The van der Waals surface area contributed by atoms with Crippen molar-refractivity contribution in [3.63, 3.8) is 0 Å². The number of hydrogen-bond donors (Lipinski definition) is 1. The molecule has 0 unspecified atom stereocenters. The van der Waals surface area contributed by atoms with Crippen molar-refractivity contribution < 1.29 is 14.3 Å². The molecule has 33 heavy (non-hydrogen) atoms. The minimum atomic E-state index is -0.672. The Morgan fingerprint density at radius 3 is 2.36 bits per heavy atom. The first kappa shape index (κ1) is 23.0. The molecule has 1 aliphatic heterocycles. The van der Waals surface area contributed by atoms with Gasteiger partial charge in [-0.2, -0.15) is 0 Å². The number of fused-ring (bicyclic) bond motifs is 2. The maximum atomic E-state index is 13.2. The maximum absolute atomic E-state index is 13.2. The van der Waals surface area contributed by atoms with Gasteiger partial charge in [-0.25, -0.2) is 0 Å². The number of Topliss-reactive ketones (excluding diaryl/α,β-unsaturated/α-hetero) is 1. The monoisotopic (exact) mass is 507 g/mol. The lowest BCUT2D eigenvalue weighted by Crippen LogP contribution is -2.35. The highest BCUT2D eigenvalue weighted by Gasteiger charge is 2.27. The number of carbonyl (C=O) groups excluding carboxylic acids is 1. The molecule has 2 heterocycles. The Bertz CT molecular complexity index is 1370. The second kappa shape index (κ2) is 9.00. The molecule has 1 aromatic heterocycles. The Morgan fingerprint density at radius 2 is 1.64 bits per heavy atom. The molecule has 7 heteroatoms. The van der Waals surface area contributed by atoms with Crippen LogP contribution >= 0.6 is 17.0 Å². The zero-order valence-corrected chi connectivity index (χ0v) is 20.3. The third-order valence-corrected chi connectivity index (χ3v) is 5.77. The zero-order chi connectivity index (χ0) is 22.3. The molecule has 4 aromatic rings. The van der Waals surface area contributed by atoms with Crippen molar-refractivity contribution in [2.24, 2.45) is 0 Å². The van der Waals surface area contributed by atoms with Crippen molar-refractivity contribution in [3.8, 4) is 5.75 Å². The Balaban J connectivity index is 0.00000259. The molecular weight excluding hydrogens is 482 g/mol. The van der Waals surface area contributed by atoms with Gasteiger partial charge in [0.05, 0.1) is 30.7 Å². The number of nitrogens with one attached hydrogen (secondary N) is 1. The van der Waals surface area contributed by atoms with E-state index in [4.69, 9.17) is 14.9 Å². The number of ether oxygens (including phenoxy) is 2. The lowest BCUT2D eigenvalue weighted by atomic mass is 10.1. The van der Waals surface area contributed by atoms with Crippen LogP contribution in [0, 0.1) is 5.41 Å². The van der Waals surface area contributed by atoms with E-state index in [2.05, 4.69) is 0 Å². The van der Waals surface area contributed by atoms with Crippen molar-refractivity contribution in [1.82, 2.24) is 9.13 Å². The van der Waals surface area contributed by atoms with Gasteiger partial charge >= 0.3 is 0 Å². The molecule has 6 nitrogen and oxygen atoms in total. The quantitative estimate of drug-likeness (QED) is 0.383. The number of para-hydroxylation sites is 2. The number of aromatic nitrogens is 2. The molecule has 0 saturated heterocycles. The van der Waals surface area contributed by atoms with E-state index in [1.807, 2.05) is 85.1 Å². The number of carbonyl (C=O) groups is 1. The van der Waals surface area contributed by atoms with Gasteiger partial charge in [-0.1, -0.05) is 42.5 Å². The van der Waals surface area contributed by atoms with Crippen LogP contribution in [0.25, 0.3) is 11.0 Å². The van der Waals surface area contributed by atoms with E-state index < -0.39 is 5.79 Å². The molecule has 0 spiro atoms. The van der Waals surface area contributed by atoms with Crippen molar-refractivity contribution in [1.29, 1.82) is 5.41 Å². The second-order valence-electron chi connectivity index (χ2n) is 8.51. The topological polar surface area (TPSA) is 69.2 Å². The average molecular weight is 508 g/mol. The fraction of sp³-hybridized carbons (Fsp3) is 0.231. The van der Waals surface area contributed by atoms with Crippen LogP contribution in [0.1, 0.15) is 35.3 Å². The number of imidazole rings is 1. The smallest absolute Gasteiger partial charge is 0.205 e. The molecule has 170 valence electrons. The highest BCUT2D eigenvalue weighted by molar-refractivity contribution is 8.93. The average Bonchev–Trinajstić information content (AvgIpc) is 3.05. The summed E-state index contributed by atoms with van der Waals surface area (Å²) in [4.78, 5) is 13.2. The third-order valence-electron chi connectivity index (χ3n) is 5.77. The molecule has 0 fully saturated rings. The summed E-state index contributed by atoms with van der Waals surface area (Å²) in [6.07, 6.45) is 0. The minimum absolute atomic E-state index is 0. The lowest BCUT2D eigenvalue weighted by Gasteiger charge is -2.32. The minimum Gasteiger partial charge on any atom is -0.463 e. The van der Waals surface area contributed by atoms with E-state index in [1.165, 1.54) is 0 Å². The van der Waals surface area contributed by atoms with Crippen LogP contribution in [0.5, 0.6) is 5.75 Å². The first-order chi connectivity index (χ1) is 15.4. The van der Waals surface area contributed by atoms with Gasteiger partial charge in [-0.05, 0) is 35.9 Å². The van der Waals surface area contributed by atoms with Gasteiger partial charge in [0.25, 0.3) is 0 Å². The van der Waals surface area contributed by atoms with E-state index >= 15 is 0 Å². The third kappa shape index (κ3) is 4.51. The summed E-state index contributed by atoms with van der Waals surface area (Å²) >= 11 is 0. The van der Waals surface area contributed by atoms with Gasteiger partial charge in [0.1, 0.15) is 5.75 Å². The first-order valence-corrected chi connectivity index (χ1v) is 10.7. The highest BCUT2D eigenvalue weighted by Crippen LogP contribution is 2.31. The van der Waals surface area contributed by atoms with Crippen molar-refractivity contribution >= 4 is 33.8 Å². The Labute approximate surface area is 202 Å². The Hall–Kier alpha value is -3.16. The van der Waals surface area contributed by atoms with Gasteiger partial charge in [-0.3, -0.25) is 10.2 Å². The van der Waals surface area contributed by atoms with Crippen LogP contribution < -0.4 is 10.4 Å². The molecule has 3 aromatic carbocycles. The summed E-state index contributed by atoms with van der Waals surface area (Å²) in [6, 6.07) is 23.3. The number of nitrogens with zero attached hydrogens (tertiary/aromatic N) is 2. The predicted molar refractivity (Wildman–Crippen MR) is 132 cm³/mol. The van der Waals surface area contributed by atoms with E-state index in [-0.39, 0.29) is 29.3 Å². The molecule has 0 amide bonds. The van der Waals surface area contributed by atoms with Crippen molar-refractivity contribution in [2.45, 2.75) is 39.3 Å². The number of benzene rings is 3. The Morgan fingerprint density at radius 1 is 0.970 bits per heavy atom. The van der Waals surface area contributed by atoms with Crippen molar-refractivity contribution in [3.05, 3.63) is 95.1 Å². The first-order valence-electron chi connectivity index (χ1n) is 10.7. The van der Waals surface area contributed by atoms with Crippen LogP contribution in [0.15, 0.2) is 72.8 Å². The van der Waals surface area contributed by atoms with E-state index in [1.54, 1.807) is 10.6 Å². The SMILES string of the molecule is Br.CC1(C)OCc2cc(C(=O)Cn3c(=N)n(Cc4ccccc4)c4ccccc43)ccc2O1. The molecule has 0 saturated carbocycles. The van der Waals surface area contributed by atoms with E-state index in [0.717, 1.165) is 27.9 Å². The van der Waals surface area contributed by atoms with Gasteiger partial charge in [0.15, 0.2) is 5.78 Å². The molecule has 0 atom stereocenters. The molecule has 5 rings (SSSR count).